The predicted octanol–water partition coefficient (Wildman–Crippen LogP) is 0.171. The summed E-state index contributed by atoms with van der Waals surface area (Å²) >= 11 is 0. The molecule has 0 unspecified atom stereocenters. The van der Waals surface area contributed by atoms with Gasteiger partial charge < -0.3 is 26.0 Å². The summed E-state index contributed by atoms with van der Waals surface area (Å²) in [4.78, 5) is 25.5. The molecule has 166 valence electrons. The lowest BCUT2D eigenvalue weighted by Crippen LogP contribution is -2.44. The Hall–Kier alpha value is -2.39. The molecule has 9 heteroatoms. The summed E-state index contributed by atoms with van der Waals surface area (Å²) in [6.45, 7) is 10.4. The van der Waals surface area contributed by atoms with E-state index in [9.17, 15) is 4.79 Å². The van der Waals surface area contributed by atoms with Crippen LogP contribution in [-0.4, -0.2) is 80.8 Å². The molecule has 0 atom stereocenters. The first kappa shape index (κ1) is 22.3. The van der Waals surface area contributed by atoms with Crippen LogP contribution in [0.5, 0.6) is 0 Å². The number of hydrogen-bond acceptors (Lipinski definition) is 6. The van der Waals surface area contributed by atoms with E-state index in [0.29, 0.717) is 6.54 Å². The number of aromatic nitrogens is 1. The highest BCUT2D eigenvalue weighted by molar-refractivity contribution is 5.79. The van der Waals surface area contributed by atoms with E-state index in [2.05, 4.69) is 38.4 Å². The number of hydrogen-bond donors (Lipinski definition) is 3. The number of guanidine groups is 1. The minimum atomic E-state index is -0.195. The topological polar surface area (TPSA) is 108 Å². The third-order valence-corrected chi connectivity index (χ3v) is 5.64. The summed E-state index contributed by atoms with van der Waals surface area (Å²) in [5.41, 5.74) is 6.55. The normalized spacial score (nSPS) is 19.0. The third kappa shape index (κ3) is 6.56. The molecular weight excluding hydrogens is 382 g/mol. The molecule has 2 saturated heterocycles. The van der Waals surface area contributed by atoms with E-state index in [1.165, 1.54) is 0 Å². The lowest BCUT2D eigenvalue weighted by molar-refractivity contribution is -0.122. The van der Waals surface area contributed by atoms with E-state index >= 15 is 0 Å². The Bertz CT molecular complexity index is 698. The second kappa shape index (κ2) is 11.7. The Morgan fingerprint density at radius 1 is 1.27 bits per heavy atom. The fourth-order valence-electron chi connectivity index (χ4n) is 3.88. The highest BCUT2D eigenvalue weighted by Gasteiger charge is 2.24. The van der Waals surface area contributed by atoms with E-state index in [0.717, 1.165) is 89.2 Å². The number of aliphatic imine (C=N–C) groups is 1. The minimum Gasteiger partial charge on any atom is -0.379 e. The molecule has 1 aromatic heterocycles. The number of piperidine rings is 1. The van der Waals surface area contributed by atoms with E-state index in [1.54, 1.807) is 0 Å². The molecule has 3 rings (SSSR count). The number of rotatable bonds is 8. The van der Waals surface area contributed by atoms with Crippen molar-refractivity contribution in [2.45, 2.75) is 26.3 Å². The van der Waals surface area contributed by atoms with Gasteiger partial charge in [0.2, 0.25) is 5.91 Å². The number of carbonyl (C=O) groups excluding carboxylic acids is 1. The van der Waals surface area contributed by atoms with Crippen LogP contribution in [0.4, 0.5) is 5.82 Å². The largest absolute Gasteiger partial charge is 0.379 e. The van der Waals surface area contributed by atoms with Gasteiger partial charge in [-0.2, -0.15) is 0 Å². The first-order valence-corrected chi connectivity index (χ1v) is 11.0. The van der Waals surface area contributed by atoms with Gasteiger partial charge in [-0.15, -0.1) is 0 Å². The van der Waals surface area contributed by atoms with Crippen LogP contribution in [0.25, 0.3) is 0 Å². The number of nitrogens with two attached hydrogens (primary N) is 1. The van der Waals surface area contributed by atoms with Crippen molar-refractivity contribution in [3.05, 3.63) is 23.9 Å². The molecule has 2 fully saturated rings. The monoisotopic (exact) mass is 417 g/mol. The van der Waals surface area contributed by atoms with Crippen LogP contribution in [0.15, 0.2) is 23.3 Å². The second-order valence-electron chi connectivity index (χ2n) is 7.73. The maximum atomic E-state index is 11.4. The van der Waals surface area contributed by atoms with Gasteiger partial charge in [-0.25, -0.2) is 9.98 Å². The van der Waals surface area contributed by atoms with E-state index in [-0.39, 0.29) is 11.8 Å². The van der Waals surface area contributed by atoms with E-state index < -0.39 is 0 Å². The Morgan fingerprint density at radius 3 is 2.73 bits per heavy atom. The van der Waals surface area contributed by atoms with Gasteiger partial charge >= 0.3 is 0 Å². The van der Waals surface area contributed by atoms with Gasteiger partial charge in [-0.3, -0.25) is 9.69 Å². The average molecular weight is 418 g/mol. The quantitative estimate of drug-likeness (QED) is 0.409. The predicted molar refractivity (Wildman–Crippen MR) is 118 cm³/mol. The number of primary amides is 1. The lowest BCUT2D eigenvalue weighted by atomic mass is 9.96. The van der Waals surface area contributed by atoms with Crippen molar-refractivity contribution in [2.24, 2.45) is 16.6 Å². The summed E-state index contributed by atoms with van der Waals surface area (Å²) in [6, 6.07) is 4.02. The van der Waals surface area contributed by atoms with Crippen molar-refractivity contribution >= 4 is 17.7 Å². The molecule has 0 spiro atoms. The summed E-state index contributed by atoms with van der Waals surface area (Å²) in [5.74, 6) is 1.54. The third-order valence-electron chi connectivity index (χ3n) is 5.64. The molecule has 4 N–H and O–H groups in total. The fourth-order valence-corrected chi connectivity index (χ4v) is 3.88. The SMILES string of the molecule is CCNC(=NCc1cccnc1N1CCC(C(N)=O)CC1)NCCN1CCOCC1. The van der Waals surface area contributed by atoms with Crippen molar-refractivity contribution in [3.63, 3.8) is 0 Å². The zero-order chi connectivity index (χ0) is 21.2. The number of anilines is 1. The minimum absolute atomic E-state index is 0.0255. The highest BCUT2D eigenvalue weighted by atomic mass is 16.5. The van der Waals surface area contributed by atoms with Crippen molar-refractivity contribution in [1.82, 2.24) is 20.5 Å². The molecule has 1 amide bonds. The molecule has 0 radical (unpaired) electrons. The molecule has 30 heavy (non-hydrogen) atoms. The van der Waals surface area contributed by atoms with Gasteiger partial charge in [0.25, 0.3) is 0 Å². The summed E-state index contributed by atoms with van der Waals surface area (Å²) < 4.78 is 5.40. The second-order valence-corrected chi connectivity index (χ2v) is 7.73. The van der Waals surface area contributed by atoms with Crippen LogP contribution >= 0.6 is 0 Å². The van der Waals surface area contributed by atoms with Crippen LogP contribution in [0, 0.1) is 5.92 Å². The number of carbonyl (C=O) groups is 1. The zero-order valence-corrected chi connectivity index (χ0v) is 18.0. The lowest BCUT2D eigenvalue weighted by Gasteiger charge is -2.32. The van der Waals surface area contributed by atoms with Crippen molar-refractivity contribution in [3.8, 4) is 0 Å². The first-order chi connectivity index (χ1) is 14.7. The highest BCUT2D eigenvalue weighted by Crippen LogP contribution is 2.24. The number of pyridine rings is 1. The molecular formula is C21H35N7O2. The number of nitrogens with zero attached hydrogens (tertiary/aromatic N) is 4. The van der Waals surface area contributed by atoms with Gasteiger partial charge in [0.15, 0.2) is 5.96 Å². The standard InChI is InChI=1S/C21H35N7O2/c1-2-23-21(25-8-11-27-12-14-30-15-13-27)26-16-18-4-3-7-24-20(18)28-9-5-17(6-10-28)19(22)29/h3-4,7,17H,2,5-6,8-16H2,1H3,(H2,22,29)(H2,23,25,26). The molecule has 0 aromatic carbocycles. The Morgan fingerprint density at radius 2 is 2.03 bits per heavy atom. The number of amides is 1. The smallest absolute Gasteiger partial charge is 0.220 e. The summed E-state index contributed by atoms with van der Waals surface area (Å²) in [7, 11) is 0. The van der Waals surface area contributed by atoms with Crippen molar-refractivity contribution in [1.29, 1.82) is 0 Å². The molecule has 9 nitrogen and oxygen atoms in total. The van der Waals surface area contributed by atoms with Gasteiger partial charge in [0.05, 0.1) is 19.8 Å². The fraction of sp³-hybridized carbons (Fsp3) is 0.667. The summed E-state index contributed by atoms with van der Waals surface area (Å²) in [5, 5.41) is 6.74. The van der Waals surface area contributed by atoms with E-state index in [4.69, 9.17) is 15.5 Å². The van der Waals surface area contributed by atoms with Crippen molar-refractivity contribution in [2.75, 3.05) is 63.9 Å². The molecule has 3 heterocycles. The Labute approximate surface area is 179 Å². The van der Waals surface area contributed by atoms with Crippen molar-refractivity contribution < 1.29 is 9.53 Å². The number of morpholine rings is 1. The maximum Gasteiger partial charge on any atom is 0.220 e. The van der Waals surface area contributed by atoms with Crippen LogP contribution in [0.1, 0.15) is 25.3 Å². The van der Waals surface area contributed by atoms with Gasteiger partial charge in [0.1, 0.15) is 5.82 Å². The van der Waals surface area contributed by atoms with Crippen LogP contribution < -0.4 is 21.3 Å². The van der Waals surface area contributed by atoms with Gasteiger partial charge in [0, 0.05) is 63.5 Å². The Balaban J connectivity index is 1.56. The summed E-state index contributed by atoms with van der Waals surface area (Å²) in [6.07, 6.45) is 3.37. The molecule has 0 aliphatic carbocycles. The zero-order valence-electron chi connectivity index (χ0n) is 18.0. The maximum absolute atomic E-state index is 11.4. The molecule has 1 aromatic rings. The average Bonchev–Trinajstić information content (AvgIpc) is 2.78. The number of ether oxygens (including phenoxy) is 1. The van der Waals surface area contributed by atoms with Gasteiger partial charge in [-0.05, 0) is 25.8 Å². The molecule has 2 aliphatic rings. The Kier molecular flexibility index (Phi) is 8.70. The molecule has 2 aliphatic heterocycles. The number of nitrogens with one attached hydrogen (secondary N) is 2. The molecule has 0 bridgehead atoms. The molecule has 0 saturated carbocycles. The first-order valence-electron chi connectivity index (χ1n) is 11.0. The van der Waals surface area contributed by atoms with E-state index in [1.807, 2.05) is 12.3 Å². The van der Waals surface area contributed by atoms with Crippen LogP contribution in [0.3, 0.4) is 0 Å². The van der Waals surface area contributed by atoms with Crippen LogP contribution in [0.2, 0.25) is 0 Å². The van der Waals surface area contributed by atoms with Crippen LogP contribution in [-0.2, 0) is 16.1 Å². The van der Waals surface area contributed by atoms with Gasteiger partial charge in [-0.1, -0.05) is 6.07 Å².